The van der Waals surface area contributed by atoms with Crippen molar-refractivity contribution < 1.29 is 9.13 Å². The minimum atomic E-state index is -0.246. The van der Waals surface area contributed by atoms with Crippen molar-refractivity contribution in [2.45, 2.75) is 13.8 Å². The number of anilines is 1. The van der Waals surface area contributed by atoms with Crippen LogP contribution in [0.5, 0.6) is 11.5 Å². The van der Waals surface area contributed by atoms with Crippen LogP contribution in [-0.4, -0.2) is 4.98 Å². The van der Waals surface area contributed by atoms with Crippen LogP contribution in [0.25, 0.3) is 10.8 Å². The molecule has 1 heterocycles. The van der Waals surface area contributed by atoms with Crippen molar-refractivity contribution in [3.8, 4) is 11.5 Å². The van der Waals surface area contributed by atoms with Gasteiger partial charge in [0.1, 0.15) is 17.3 Å². The summed E-state index contributed by atoms with van der Waals surface area (Å²) in [5, 5.41) is 1.74. The Balaban J connectivity index is 2.10. The Bertz CT molecular complexity index is 830. The minimum absolute atomic E-state index is 0.246. The second kappa shape index (κ2) is 5.05. The Kier molecular flexibility index (Phi) is 3.22. The summed E-state index contributed by atoms with van der Waals surface area (Å²) in [6.07, 6.45) is 1.74. The molecule has 1 aromatic heterocycles. The molecule has 0 saturated carbocycles. The third-order valence-corrected chi connectivity index (χ3v) is 3.39. The maximum absolute atomic E-state index is 13.3. The fourth-order valence-corrected chi connectivity index (χ4v) is 2.24. The molecule has 21 heavy (non-hydrogen) atoms. The number of fused-ring (bicyclic) bond motifs is 1. The van der Waals surface area contributed by atoms with E-state index in [0.29, 0.717) is 22.7 Å². The molecule has 0 bridgehead atoms. The quantitative estimate of drug-likeness (QED) is 0.710. The third kappa shape index (κ3) is 2.52. The molecule has 0 unspecified atom stereocenters. The van der Waals surface area contributed by atoms with E-state index in [9.17, 15) is 4.39 Å². The number of aryl methyl sites for hydroxylation is 2. The summed E-state index contributed by atoms with van der Waals surface area (Å²) in [6, 6.07) is 10.2. The smallest absolute Gasteiger partial charge is 0.135 e. The summed E-state index contributed by atoms with van der Waals surface area (Å²) in [5.41, 5.74) is 8.05. The number of rotatable bonds is 2. The number of hydrogen-bond acceptors (Lipinski definition) is 3. The Morgan fingerprint density at radius 3 is 2.62 bits per heavy atom. The van der Waals surface area contributed by atoms with Gasteiger partial charge in [-0.25, -0.2) is 4.39 Å². The molecule has 2 N–H and O–H groups in total. The summed E-state index contributed by atoms with van der Waals surface area (Å²) in [5.74, 6) is 1.02. The third-order valence-electron chi connectivity index (χ3n) is 3.39. The maximum Gasteiger partial charge on any atom is 0.135 e. The molecule has 0 radical (unpaired) electrons. The monoisotopic (exact) mass is 282 g/mol. The number of aromatic nitrogens is 1. The lowest BCUT2D eigenvalue weighted by atomic mass is 10.1. The first-order valence-electron chi connectivity index (χ1n) is 6.63. The van der Waals surface area contributed by atoms with Crippen LogP contribution in [0.3, 0.4) is 0 Å². The summed E-state index contributed by atoms with van der Waals surface area (Å²) in [4.78, 5) is 4.26. The van der Waals surface area contributed by atoms with Crippen LogP contribution in [0, 0.1) is 19.7 Å². The number of nitrogens with two attached hydrogens (primary N) is 1. The van der Waals surface area contributed by atoms with Crippen LogP contribution in [0.4, 0.5) is 10.1 Å². The van der Waals surface area contributed by atoms with Gasteiger partial charge in [-0.05, 0) is 55.8 Å². The van der Waals surface area contributed by atoms with Crippen molar-refractivity contribution in [2.75, 3.05) is 5.73 Å². The highest BCUT2D eigenvalue weighted by molar-refractivity contribution is 5.96. The molecule has 3 nitrogen and oxygen atoms in total. The van der Waals surface area contributed by atoms with Crippen molar-refractivity contribution >= 4 is 16.5 Å². The molecule has 0 aliphatic carbocycles. The molecule has 3 rings (SSSR count). The molecular weight excluding hydrogens is 267 g/mol. The average Bonchev–Trinajstić information content (AvgIpc) is 2.46. The molecule has 106 valence electrons. The van der Waals surface area contributed by atoms with Crippen molar-refractivity contribution in [1.29, 1.82) is 0 Å². The van der Waals surface area contributed by atoms with Gasteiger partial charge in [0.05, 0.1) is 0 Å². The van der Waals surface area contributed by atoms with Gasteiger partial charge in [-0.3, -0.25) is 4.98 Å². The number of hydrogen-bond donors (Lipinski definition) is 1. The molecular formula is C17H15FN2O. The van der Waals surface area contributed by atoms with Gasteiger partial charge in [0.25, 0.3) is 0 Å². The van der Waals surface area contributed by atoms with Gasteiger partial charge in [0.2, 0.25) is 0 Å². The molecule has 0 aliphatic rings. The normalized spacial score (nSPS) is 10.8. The number of benzene rings is 2. The predicted octanol–water partition coefficient (Wildman–Crippen LogP) is 4.37. The van der Waals surface area contributed by atoms with E-state index in [1.807, 2.05) is 19.1 Å². The molecule has 0 amide bonds. The van der Waals surface area contributed by atoms with Crippen LogP contribution in [-0.2, 0) is 0 Å². The molecule has 0 spiro atoms. The van der Waals surface area contributed by atoms with Gasteiger partial charge in [0.15, 0.2) is 0 Å². The molecule has 4 heteroatoms. The van der Waals surface area contributed by atoms with Crippen molar-refractivity contribution in [1.82, 2.24) is 4.98 Å². The van der Waals surface area contributed by atoms with Gasteiger partial charge in [0, 0.05) is 28.4 Å². The van der Waals surface area contributed by atoms with Gasteiger partial charge in [-0.2, -0.15) is 0 Å². The Labute approximate surface area is 122 Å². The van der Waals surface area contributed by atoms with Crippen molar-refractivity contribution in [3.63, 3.8) is 0 Å². The maximum atomic E-state index is 13.3. The van der Waals surface area contributed by atoms with E-state index in [-0.39, 0.29) is 5.82 Å². The van der Waals surface area contributed by atoms with Gasteiger partial charge < -0.3 is 10.5 Å². The number of halogens is 1. The first kappa shape index (κ1) is 13.4. The second-order valence-corrected chi connectivity index (χ2v) is 5.04. The number of ether oxygens (including phenoxy) is 1. The Morgan fingerprint density at radius 2 is 1.86 bits per heavy atom. The van der Waals surface area contributed by atoms with Crippen molar-refractivity contribution in [2.24, 2.45) is 0 Å². The highest BCUT2D eigenvalue weighted by Crippen LogP contribution is 2.33. The summed E-state index contributed by atoms with van der Waals surface area (Å²) in [7, 11) is 0. The number of nitrogens with zero attached hydrogens (tertiary/aromatic N) is 1. The van der Waals surface area contributed by atoms with Gasteiger partial charge >= 0.3 is 0 Å². The van der Waals surface area contributed by atoms with Gasteiger partial charge in [-0.15, -0.1) is 0 Å². The first-order valence-corrected chi connectivity index (χ1v) is 6.63. The summed E-state index contributed by atoms with van der Waals surface area (Å²) < 4.78 is 19.2. The van der Waals surface area contributed by atoms with E-state index in [1.165, 1.54) is 6.07 Å². The van der Waals surface area contributed by atoms with E-state index < -0.39 is 0 Å². The Hall–Kier alpha value is -2.62. The van der Waals surface area contributed by atoms with E-state index >= 15 is 0 Å². The molecule has 0 saturated heterocycles. The topological polar surface area (TPSA) is 48.1 Å². The molecule has 0 aliphatic heterocycles. The van der Waals surface area contributed by atoms with E-state index in [1.54, 1.807) is 31.3 Å². The van der Waals surface area contributed by atoms with Crippen LogP contribution in [0.15, 0.2) is 42.6 Å². The average molecular weight is 282 g/mol. The lowest BCUT2D eigenvalue weighted by Gasteiger charge is -2.11. The molecule has 0 fully saturated rings. The number of nitrogen functional groups attached to an aromatic ring is 1. The fourth-order valence-electron chi connectivity index (χ4n) is 2.24. The highest BCUT2D eigenvalue weighted by Gasteiger charge is 2.08. The fraction of sp³-hybridized carbons (Fsp3) is 0.118. The SMILES string of the molecule is Cc1cc2c(Oc3ccc(F)c(C)c3)ccc(N)c2cn1. The van der Waals surface area contributed by atoms with Gasteiger partial charge in [-0.1, -0.05) is 0 Å². The van der Waals surface area contributed by atoms with Crippen LogP contribution in [0.1, 0.15) is 11.3 Å². The van der Waals surface area contributed by atoms with Crippen LogP contribution < -0.4 is 10.5 Å². The zero-order valence-electron chi connectivity index (χ0n) is 11.9. The van der Waals surface area contributed by atoms with Crippen LogP contribution in [0.2, 0.25) is 0 Å². The van der Waals surface area contributed by atoms with E-state index in [2.05, 4.69) is 4.98 Å². The number of pyridine rings is 1. The van der Waals surface area contributed by atoms with E-state index in [4.69, 9.17) is 10.5 Å². The van der Waals surface area contributed by atoms with Crippen LogP contribution >= 0.6 is 0 Å². The second-order valence-electron chi connectivity index (χ2n) is 5.04. The lowest BCUT2D eigenvalue weighted by molar-refractivity contribution is 0.485. The predicted molar refractivity (Wildman–Crippen MR) is 82.1 cm³/mol. The first-order chi connectivity index (χ1) is 10.0. The zero-order valence-corrected chi connectivity index (χ0v) is 11.9. The molecule has 2 aromatic carbocycles. The molecule has 0 atom stereocenters. The zero-order chi connectivity index (χ0) is 15.0. The Morgan fingerprint density at radius 1 is 1.05 bits per heavy atom. The summed E-state index contributed by atoms with van der Waals surface area (Å²) in [6.45, 7) is 3.62. The molecule has 3 aromatic rings. The summed E-state index contributed by atoms with van der Waals surface area (Å²) >= 11 is 0. The van der Waals surface area contributed by atoms with Crippen molar-refractivity contribution in [3.05, 3.63) is 59.7 Å². The lowest BCUT2D eigenvalue weighted by Crippen LogP contribution is -1.93. The highest BCUT2D eigenvalue weighted by atomic mass is 19.1. The standard InChI is InChI=1S/C17H15FN2O/c1-10-7-12(3-4-15(10)18)21-17-6-5-16(19)14-9-20-11(2)8-13(14)17/h3-9H,19H2,1-2H3. The minimum Gasteiger partial charge on any atom is -0.457 e. The largest absolute Gasteiger partial charge is 0.457 e. The van der Waals surface area contributed by atoms with E-state index in [0.717, 1.165) is 16.5 Å².